The van der Waals surface area contributed by atoms with Crippen molar-refractivity contribution in [2.45, 2.75) is 51.6 Å². The van der Waals surface area contributed by atoms with Gasteiger partial charge >= 0.3 is 0 Å². The van der Waals surface area contributed by atoms with Crippen LogP contribution in [0.3, 0.4) is 0 Å². The van der Waals surface area contributed by atoms with Gasteiger partial charge in [0.25, 0.3) is 5.91 Å². The standard InChI is InChI=1S/C23H25N5O/c1-16-25-22-21(13-17-7-3-2-4-8-17)27(11-12-28(22)26-16)23(29)19-14-18-9-5-6-10-20(18)24-15-19/h2-4,7-8,14-15,21H,5-6,9-13H2,1H3/t21-/m0/s1. The monoisotopic (exact) mass is 387 g/mol. The number of nitrogens with zero attached hydrogens (tertiary/aromatic N) is 5. The van der Waals surface area contributed by atoms with Crippen molar-refractivity contribution >= 4 is 5.91 Å². The van der Waals surface area contributed by atoms with Crippen molar-refractivity contribution in [3.05, 3.63) is 76.6 Å². The number of hydrogen-bond donors (Lipinski definition) is 0. The first-order valence-corrected chi connectivity index (χ1v) is 10.4. The van der Waals surface area contributed by atoms with E-state index in [1.54, 1.807) is 6.20 Å². The third kappa shape index (κ3) is 3.43. The van der Waals surface area contributed by atoms with Gasteiger partial charge in [-0.3, -0.25) is 9.78 Å². The molecule has 6 heteroatoms. The first-order chi connectivity index (χ1) is 14.2. The maximum Gasteiger partial charge on any atom is 0.256 e. The van der Waals surface area contributed by atoms with Crippen LogP contribution in [0.4, 0.5) is 0 Å². The highest BCUT2D eigenvalue weighted by atomic mass is 16.2. The van der Waals surface area contributed by atoms with E-state index in [4.69, 9.17) is 0 Å². The minimum atomic E-state index is -0.129. The molecular formula is C23H25N5O. The van der Waals surface area contributed by atoms with Crippen molar-refractivity contribution in [3.8, 4) is 0 Å². The zero-order chi connectivity index (χ0) is 19.8. The van der Waals surface area contributed by atoms with Gasteiger partial charge in [-0.15, -0.1) is 0 Å². The summed E-state index contributed by atoms with van der Waals surface area (Å²) in [5.74, 6) is 1.67. The van der Waals surface area contributed by atoms with Gasteiger partial charge in [-0.05, 0) is 49.8 Å². The lowest BCUT2D eigenvalue weighted by atomic mass is 9.94. The smallest absolute Gasteiger partial charge is 0.256 e. The van der Waals surface area contributed by atoms with Crippen molar-refractivity contribution in [2.75, 3.05) is 6.54 Å². The number of amides is 1. The number of benzene rings is 1. The quantitative estimate of drug-likeness (QED) is 0.692. The number of carbonyl (C=O) groups excluding carboxylic acids is 1. The average molecular weight is 387 g/mol. The Labute approximate surface area is 170 Å². The summed E-state index contributed by atoms with van der Waals surface area (Å²) in [7, 11) is 0. The molecule has 0 radical (unpaired) electrons. The van der Waals surface area contributed by atoms with Gasteiger partial charge in [-0.25, -0.2) is 9.67 Å². The highest BCUT2D eigenvalue weighted by Crippen LogP contribution is 2.30. The number of aromatic nitrogens is 4. The lowest BCUT2D eigenvalue weighted by Gasteiger charge is -2.35. The molecule has 1 atom stereocenters. The fourth-order valence-corrected chi connectivity index (χ4v) is 4.53. The lowest BCUT2D eigenvalue weighted by Crippen LogP contribution is -2.43. The summed E-state index contributed by atoms with van der Waals surface area (Å²) in [6.45, 7) is 3.21. The van der Waals surface area contributed by atoms with Crippen LogP contribution in [0.25, 0.3) is 0 Å². The summed E-state index contributed by atoms with van der Waals surface area (Å²) in [5, 5.41) is 4.52. The molecule has 148 valence electrons. The Morgan fingerprint density at radius 2 is 1.97 bits per heavy atom. The molecule has 5 rings (SSSR count). The highest BCUT2D eigenvalue weighted by molar-refractivity contribution is 5.94. The number of rotatable bonds is 3. The number of hydrogen-bond acceptors (Lipinski definition) is 4. The lowest BCUT2D eigenvalue weighted by molar-refractivity contribution is 0.0607. The molecule has 2 aliphatic rings. The van der Waals surface area contributed by atoms with Crippen LogP contribution in [0.1, 0.15) is 57.7 Å². The number of fused-ring (bicyclic) bond motifs is 2. The molecule has 0 fully saturated rings. The van der Waals surface area contributed by atoms with Crippen LogP contribution in [0.2, 0.25) is 0 Å². The van der Waals surface area contributed by atoms with Gasteiger partial charge in [0, 0.05) is 24.9 Å². The number of pyridine rings is 1. The van der Waals surface area contributed by atoms with Crippen molar-refractivity contribution in [3.63, 3.8) is 0 Å². The molecule has 0 N–H and O–H groups in total. The van der Waals surface area contributed by atoms with Gasteiger partial charge in [0.1, 0.15) is 11.6 Å². The molecule has 0 saturated carbocycles. The van der Waals surface area contributed by atoms with E-state index in [1.165, 1.54) is 24.0 Å². The van der Waals surface area contributed by atoms with E-state index in [-0.39, 0.29) is 11.9 Å². The summed E-state index contributed by atoms with van der Waals surface area (Å²) in [4.78, 5) is 24.8. The Balaban J connectivity index is 1.49. The Bertz CT molecular complexity index is 1040. The van der Waals surface area contributed by atoms with Crippen LogP contribution < -0.4 is 0 Å². The van der Waals surface area contributed by atoms with Crippen LogP contribution in [0.5, 0.6) is 0 Å². The van der Waals surface area contributed by atoms with Crippen LogP contribution >= 0.6 is 0 Å². The van der Waals surface area contributed by atoms with Crippen LogP contribution in [-0.4, -0.2) is 37.1 Å². The molecule has 2 aromatic heterocycles. The van der Waals surface area contributed by atoms with Crippen LogP contribution in [0.15, 0.2) is 42.6 Å². The molecule has 0 saturated heterocycles. The Hall–Kier alpha value is -3.02. The molecule has 0 spiro atoms. The summed E-state index contributed by atoms with van der Waals surface area (Å²) in [5.41, 5.74) is 4.27. The zero-order valence-corrected chi connectivity index (χ0v) is 16.7. The van der Waals surface area contributed by atoms with Crippen molar-refractivity contribution in [2.24, 2.45) is 0 Å². The highest BCUT2D eigenvalue weighted by Gasteiger charge is 2.34. The van der Waals surface area contributed by atoms with Gasteiger partial charge < -0.3 is 4.90 Å². The fourth-order valence-electron chi connectivity index (χ4n) is 4.53. The zero-order valence-electron chi connectivity index (χ0n) is 16.7. The fraction of sp³-hybridized carbons (Fsp3) is 0.391. The van der Waals surface area contributed by atoms with Crippen molar-refractivity contribution < 1.29 is 4.79 Å². The Morgan fingerprint density at radius 1 is 1.14 bits per heavy atom. The molecule has 0 bridgehead atoms. The van der Waals surface area contributed by atoms with E-state index in [0.29, 0.717) is 18.7 Å². The van der Waals surface area contributed by atoms with Gasteiger partial charge in [0.05, 0.1) is 18.2 Å². The minimum Gasteiger partial charge on any atom is -0.326 e. The first-order valence-electron chi connectivity index (χ1n) is 10.4. The summed E-state index contributed by atoms with van der Waals surface area (Å²) in [6.07, 6.45) is 6.89. The minimum absolute atomic E-state index is 0.0405. The largest absolute Gasteiger partial charge is 0.326 e. The molecule has 1 amide bonds. The van der Waals surface area contributed by atoms with E-state index in [1.807, 2.05) is 34.7 Å². The summed E-state index contributed by atoms with van der Waals surface area (Å²) in [6, 6.07) is 12.2. The van der Waals surface area contributed by atoms with Crippen molar-refractivity contribution in [1.82, 2.24) is 24.6 Å². The molecule has 0 unspecified atom stereocenters. The van der Waals surface area contributed by atoms with Crippen molar-refractivity contribution in [1.29, 1.82) is 0 Å². The third-order valence-corrected chi connectivity index (χ3v) is 5.98. The molecule has 1 aromatic carbocycles. The summed E-state index contributed by atoms with van der Waals surface area (Å²) < 4.78 is 1.96. The normalized spacial score (nSPS) is 18.2. The number of aryl methyl sites for hydroxylation is 3. The molecular weight excluding hydrogens is 362 g/mol. The van der Waals surface area contributed by atoms with E-state index < -0.39 is 0 Å². The van der Waals surface area contributed by atoms with Gasteiger partial charge in [-0.2, -0.15) is 5.10 Å². The van der Waals surface area contributed by atoms with Crippen LogP contribution in [0, 0.1) is 6.92 Å². The predicted octanol–water partition coefficient (Wildman–Crippen LogP) is 3.30. The molecule has 3 heterocycles. The van der Waals surface area contributed by atoms with Crippen LogP contribution in [-0.2, 0) is 25.8 Å². The summed E-state index contributed by atoms with van der Waals surface area (Å²) >= 11 is 0. The second-order valence-corrected chi connectivity index (χ2v) is 7.98. The van der Waals surface area contributed by atoms with E-state index in [2.05, 4.69) is 33.3 Å². The predicted molar refractivity (Wildman–Crippen MR) is 110 cm³/mol. The van der Waals surface area contributed by atoms with Gasteiger partial charge in [-0.1, -0.05) is 30.3 Å². The maximum absolute atomic E-state index is 13.5. The third-order valence-electron chi connectivity index (χ3n) is 5.98. The Morgan fingerprint density at radius 3 is 2.83 bits per heavy atom. The van der Waals surface area contributed by atoms with E-state index in [9.17, 15) is 4.79 Å². The second kappa shape index (κ2) is 7.43. The molecule has 1 aliphatic carbocycles. The molecule has 1 aliphatic heterocycles. The first kappa shape index (κ1) is 18.0. The molecule has 29 heavy (non-hydrogen) atoms. The maximum atomic E-state index is 13.5. The topological polar surface area (TPSA) is 63.9 Å². The van der Waals surface area contributed by atoms with E-state index in [0.717, 1.165) is 36.6 Å². The second-order valence-electron chi connectivity index (χ2n) is 7.98. The average Bonchev–Trinajstić information content (AvgIpc) is 3.15. The van der Waals surface area contributed by atoms with E-state index >= 15 is 0 Å². The Kier molecular flexibility index (Phi) is 4.62. The number of carbonyl (C=O) groups is 1. The van der Waals surface area contributed by atoms with Gasteiger partial charge in [0.15, 0.2) is 0 Å². The van der Waals surface area contributed by atoms with Gasteiger partial charge in [0.2, 0.25) is 0 Å². The molecule has 6 nitrogen and oxygen atoms in total. The molecule has 3 aromatic rings. The SMILES string of the molecule is Cc1nc2n(n1)CCN(C(=O)c1cnc3c(c1)CCCC3)[C@H]2Cc1ccccc1.